The fourth-order valence-electron chi connectivity index (χ4n) is 6.38. The number of para-hydroxylation sites is 2. The molecule has 0 bridgehead atoms. The molecule has 7 aromatic rings. The molecule has 176 valence electrons. The number of hydrogen-bond acceptors (Lipinski definition) is 1. The van der Waals surface area contributed by atoms with Crippen molar-refractivity contribution in [1.29, 1.82) is 0 Å². The summed E-state index contributed by atoms with van der Waals surface area (Å²) in [6.07, 6.45) is 1.92. The van der Waals surface area contributed by atoms with Crippen molar-refractivity contribution in [3.63, 3.8) is 0 Å². The second kappa shape index (κ2) is 7.21. The Bertz CT molecular complexity index is 2000. The lowest BCUT2D eigenvalue weighted by Gasteiger charge is -2.21. The summed E-state index contributed by atoms with van der Waals surface area (Å²) < 4.78 is 4.55. The number of nitrogens with zero attached hydrogens (tertiary/aromatic N) is 3. The predicted octanol–water partition coefficient (Wildman–Crippen LogP) is 8.43. The summed E-state index contributed by atoms with van der Waals surface area (Å²) in [5, 5.41) is 2.58. The van der Waals surface area contributed by atoms with E-state index in [1.165, 1.54) is 44.1 Å². The van der Waals surface area contributed by atoms with E-state index in [9.17, 15) is 0 Å². The Morgan fingerprint density at radius 1 is 0.568 bits per heavy atom. The fraction of sp³-hybridized carbons (Fsp3) is 0.0882. The van der Waals surface area contributed by atoms with Crippen molar-refractivity contribution in [2.24, 2.45) is 0 Å². The first kappa shape index (κ1) is 20.6. The Balaban J connectivity index is 1.41. The Morgan fingerprint density at radius 3 is 2.24 bits per heavy atom. The van der Waals surface area contributed by atoms with Gasteiger partial charge in [-0.2, -0.15) is 0 Å². The molecule has 0 amide bonds. The van der Waals surface area contributed by atoms with Gasteiger partial charge in [0.05, 0.1) is 22.1 Å². The van der Waals surface area contributed by atoms with E-state index in [1.807, 2.05) is 12.4 Å². The summed E-state index contributed by atoms with van der Waals surface area (Å²) in [6, 6.07) is 39.5. The lowest BCUT2D eigenvalue weighted by molar-refractivity contribution is 0.661. The van der Waals surface area contributed by atoms with Crippen LogP contribution in [0.25, 0.3) is 55.3 Å². The van der Waals surface area contributed by atoms with Gasteiger partial charge < -0.3 is 4.57 Å². The van der Waals surface area contributed by atoms with Crippen molar-refractivity contribution >= 4 is 32.8 Å². The van der Waals surface area contributed by atoms with Crippen LogP contribution in [0.15, 0.2) is 116 Å². The molecule has 3 nitrogen and oxygen atoms in total. The average molecular weight is 476 g/mol. The van der Waals surface area contributed by atoms with E-state index in [2.05, 4.69) is 126 Å². The van der Waals surface area contributed by atoms with Gasteiger partial charge in [0.15, 0.2) is 0 Å². The number of fused-ring (bicyclic) bond motifs is 7. The molecule has 1 aliphatic rings. The van der Waals surface area contributed by atoms with Crippen LogP contribution >= 0.6 is 0 Å². The van der Waals surface area contributed by atoms with Gasteiger partial charge >= 0.3 is 0 Å². The first-order valence-corrected chi connectivity index (χ1v) is 12.8. The molecule has 0 spiro atoms. The van der Waals surface area contributed by atoms with E-state index in [0.29, 0.717) is 0 Å². The molecule has 0 fully saturated rings. The zero-order chi connectivity index (χ0) is 24.7. The zero-order valence-electron chi connectivity index (χ0n) is 20.8. The molecular weight excluding hydrogens is 450 g/mol. The Kier molecular flexibility index (Phi) is 4.00. The van der Waals surface area contributed by atoms with Crippen LogP contribution in [0, 0.1) is 0 Å². The van der Waals surface area contributed by atoms with Crippen LogP contribution in [0.5, 0.6) is 0 Å². The summed E-state index contributed by atoms with van der Waals surface area (Å²) in [5.74, 6) is 0. The largest absolute Gasteiger partial charge is 0.309 e. The lowest BCUT2D eigenvalue weighted by Crippen LogP contribution is -2.14. The molecule has 3 heteroatoms. The number of aromatic nitrogens is 3. The standard InChI is InChI=1S/C34H25N3/c1-34(2)28-14-8-6-12-24(28)26-20-33-27(19-29(26)34)25-13-7-9-15-31(25)37(33)23-16-17-32-30(18-23)35-21-36(32)22-10-4-3-5-11-22/h3-21H,1-2H3. The van der Waals surface area contributed by atoms with Crippen molar-refractivity contribution in [1.82, 2.24) is 14.1 Å². The molecular formula is C34H25N3. The quantitative estimate of drug-likeness (QED) is 0.246. The summed E-state index contributed by atoms with van der Waals surface area (Å²) in [4.78, 5) is 4.78. The van der Waals surface area contributed by atoms with E-state index < -0.39 is 0 Å². The van der Waals surface area contributed by atoms with Crippen molar-refractivity contribution in [3.05, 3.63) is 127 Å². The minimum Gasteiger partial charge on any atom is -0.309 e. The predicted molar refractivity (Wildman–Crippen MR) is 153 cm³/mol. The highest BCUT2D eigenvalue weighted by atomic mass is 15.1. The molecule has 0 atom stereocenters. The Morgan fingerprint density at radius 2 is 1.35 bits per heavy atom. The minimum atomic E-state index is -0.0213. The van der Waals surface area contributed by atoms with E-state index in [1.54, 1.807) is 0 Å². The first-order valence-electron chi connectivity index (χ1n) is 12.8. The lowest BCUT2D eigenvalue weighted by atomic mass is 9.82. The molecule has 1 aliphatic carbocycles. The van der Waals surface area contributed by atoms with Gasteiger partial charge in [-0.25, -0.2) is 4.98 Å². The topological polar surface area (TPSA) is 22.8 Å². The third kappa shape index (κ3) is 2.74. The summed E-state index contributed by atoms with van der Waals surface area (Å²) in [6.45, 7) is 4.69. The number of hydrogen-bond donors (Lipinski definition) is 0. The molecule has 0 saturated carbocycles. The number of rotatable bonds is 2. The normalized spacial score (nSPS) is 13.9. The van der Waals surface area contributed by atoms with Gasteiger partial charge in [-0.15, -0.1) is 0 Å². The zero-order valence-corrected chi connectivity index (χ0v) is 20.8. The highest BCUT2D eigenvalue weighted by molar-refractivity contribution is 6.11. The SMILES string of the molecule is CC1(C)c2ccccc2-c2cc3c(cc21)c1ccccc1n3-c1ccc2c(c1)ncn2-c1ccccc1. The highest BCUT2D eigenvalue weighted by Gasteiger charge is 2.36. The van der Waals surface area contributed by atoms with Gasteiger partial charge in [0, 0.05) is 27.6 Å². The molecule has 37 heavy (non-hydrogen) atoms. The summed E-state index contributed by atoms with van der Waals surface area (Å²) >= 11 is 0. The van der Waals surface area contributed by atoms with E-state index in [4.69, 9.17) is 4.98 Å². The highest BCUT2D eigenvalue weighted by Crippen LogP contribution is 2.50. The monoisotopic (exact) mass is 475 g/mol. The van der Waals surface area contributed by atoms with Crippen molar-refractivity contribution < 1.29 is 0 Å². The Labute approximate surface area is 215 Å². The molecule has 8 rings (SSSR count). The van der Waals surface area contributed by atoms with E-state index in [0.717, 1.165) is 22.4 Å². The third-order valence-electron chi connectivity index (χ3n) is 8.20. The summed E-state index contributed by atoms with van der Waals surface area (Å²) in [7, 11) is 0. The van der Waals surface area contributed by atoms with Crippen LogP contribution in [-0.2, 0) is 5.41 Å². The van der Waals surface area contributed by atoms with Crippen LogP contribution in [0.2, 0.25) is 0 Å². The van der Waals surface area contributed by atoms with Crippen LogP contribution in [-0.4, -0.2) is 14.1 Å². The maximum absolute atomic E-state index is 4.78. The third-order valence-corrected chi connectivity index (χ3v) is 8.20. The minimum absolute atomic E-state index is 0.0213. The van der Waals surface area contributed by atoms with Crippen molar-refractivity contribution in [2.45, 2.75) is 19.3 Å². The molecule has 5 aromatic carbocycles. The molecule has 0 radical (unpaired) electrons. The van der Waals surface area contributed by atoms with Crippen LogP contribution < -0.4 is 0 Å². The second-order valence-electron chi connectivity index (χ2n) is 10.6. The van der Waals surface area contributed by atoms with Gasteiger partial charge in [-0.1, -0.05) is 74.5 Å². The molecule has 2 aromatic heterocycles. The molecule has 0 N–H and O–H groups in total. The first-order chi connectivity index (χ1) is 18.1. The molecule has 2 heterocycles. The second-order valence-corrected chi connectivity index (χ2v) is 10.6. The van der Waals surface area contributed by atoms with Gasteiger partial charge in [-0.05, 0) is 70.8 Å². The van der Waals surface area contributed by atoms with Crippen LogP contribution in [0.4, 0.5) is 0 Å². The van der Waals surface area contributed by atoms with E-state index in [-0.39, 0.29) is 5.41 Å². The summed E-state index contributed by atoms with van der Waals surface area (Å²) in [5.41, 5.74) is 12.3. The van der Waals surface area contributed by atoms with Gasteiger partial charge in [-0.3, -0.25) is 4.57 Å². The van der Waals surface area contributed by atoms with Crippen LogP contribution in [0.3, 0.4) is 0 Å². The average Bonchev–Trinajstić information content (AvgIpc) is 3.57. The van der Waals surface area contributed by atoms with Gasteiger partial charge in [0.2, 0.25) is 0 Å². The van der Waals surface area contributed by atoms with Gasteiger partial charge in [0.25, 0.3) is 0 Å². The number of benzene rings is 5. The Hall–Kier alpha value is -4.63. The van der Waals surface area contributed by atoms with Crippen molar-refractivity contribution in [2.75, 3.05) is 0 Å². The number of imidazole rings is 1. The maximum atomic E-state index is 4.78. The van der Waals surface area contributed by atoms with Gasteiger partial charge in [0.1, 0.15) is 6.33 Å². The fourth-order valence-corrected chi connectivity index (χ4v) is 6.38. The van der Waals surface area contributed by atoms with Crippen LogP contribution in [0.1, 0.15) is 25.0 Å². The molecule has 0 aliphatic heterocycles. The van der Waals surface area contributed by atoms with E-state index >= 15 is 0 Å². The molecule has 0 saturated heterocycles. The smallest absolute Gasteiger partial charge is 0.100 e. The molecule has 0 unspecified atom stereocenters. The van der Waals surface area contributed by atoms with Crippen molar-refractivity contribution in [3.8, 4) is 22.5 Å². The maximum Gasteiger partial charge on any atom is 0.100 e.